The Labute approximate surface area is 105 Å². The molecule has 0 bridgehead atoms. The van der Waals surface area contributed by atoms with E-state index in [1.54, 1.807) is 0 Å². The molecule has 0 aliphatic rings. The first-order valence-corrected chi connectivity index (χ1v) is 6.07. The zero-order valence-corrected chi connectivity index (χ0v) is 10.1. The molecule has 0 aliphatic heterocycles. The lowest BCUT2D eigenvalue weighted by molar-refractivity contribution is -0.137. The highest BCUT2D eigenvalue weighted by atomic mass is 32.1. The highest BCUT2D eigenvalue weighted by molar-refractivity contribution is 7.18. The third kappa shape index (κ3) is 2.63. The van der Waals surface area contributed by atoms with Crippen molar-refractivity contribution in [2.75, 3.05) is 6.61 Å². The van der Waals surface area contributed by atoms with E-state index in [0.29, 0.717) is 21.6 Å². The summed E-state index contributed by atoms with van der Waals surface area (Å²) in [6.45, 7) is -0.0785. The van der Waals surface area contributed by atoms with Gasteiger partial charge in [0.2, 0.25) is 0 Å². The van der Waals surface area contributed by atoms with Gasteiger partial charge in [0.25, 0.3) is 0 Å². The summed E-state index contributed by atoms with van der Waals surface area (Å²) in [5, 5.41) is 9.31. The molecule has 1 aromatic carbocycles. The van der Waals surface area contributed by atoms with Crippen molar-refractivity contribution >= 4 is 21.6 Å². The fourth-order valence-corrected chi connectivity index (χ4v) is 2.53. The molecular weight excluding hydrogens is 265 g/mol. The van der Waals surface area contributed by atoms with E-state index in [2.05, 4.69) is 4.98 Å². The smallest absolute Gasteiger partial charge is 0.396 e. The molecule has 0 saturated carbocycles. The molecule has 7 heteroatoms. The summed E-state index contributed by atoms with van der Waals surface area (Å²) < 4.78 is 38.2. The highest BCUT2D eigenvalue weighted by Gasteiger charge is 2.30. The SMILES string of the molecule is NC(CCO)c1nc2cc(C(F)(F)F)ccc2s1. The molecule has 3 nitrogen and oxygen atoms in total. The second-order valence-corrected chi connectivity index (χ2v) is 4.91. The first-order chi connectivity index (χ1) is 8.41. The third-order valence-electron chi connectivity index (χ3n) is 2.49. The summed E-state index contributed by atoms with van der Waals surface area (Å²) in [6, 6.07) is 3.00. The Balaban J connectivity index is 2.40. The van der Waals surface area contributed by atoms with E-state index in [9.17, 15) is 13.2 Å². The van der Waals surface area contributed by atoms with Crippen molar-refractivity contribution in [1.82, 2.24) is 4.98 Å². The number of halogens is 3. The lowest BCUT2D eigenvalue weighted by atomic mass is 10.2. The van der Waals surface area contributed by atoms with Crippen molar-refractivity contribution in [2.24, 2.45) is 5.73 Å². The summed E-state index contributed by atoms with van der Waals surface area (Å²) in [7, 11) is 0. The highest BCUT2D eigenvalue weighted by Crippen LogP contribution is 2.33. The van der Waals surface area contributed by atoms with Crippen LogP contribution in [0.5, 0.6) is 0 Å². The molecule has 1 aromatic heterocycles. The number of thiazole rings is 1. The van der Waals surface area contributed by atoms with Crippen LogP contribution in [0, 0.1) is 0 Å². The van der Waals surface area contributed by atoms with Gasteiger partial charge in [-0.2, -0.15) is 13.2 Å². The van der Waals surface area contributed by atoms with Gasteiger partial charge in [-0.25, -0.2) is 4.98 Å². The van der Waals surface area contributed by atoms with Crippen LogP contribution in [0.3, 0.4) is 0 Å². The Morgan fingerprint density at radius 2 is 2.11 bits per heavy atom. The number of fused-ring (bicyclic) bond motifs is 1. The average molecular weight is 276 g/mol. The van der Waals surface area contributed by atoms with Crippen LogP contribution in [0.2, 0.25) is 0 Å². The van der Waals surface area contributed by atoms with Gasteiger partial charge < -0.3 is 10.8 Å². The van der Waals surface area contributed by atoms with Crippen molar-refractivity contribution in [1.29, 1.82) is 0 Å². The van der Waals surface area contributed by atoms with E-state index in [0.717, 1.165) is 12.1 Å². The van der Waals surface area contributed by atoms with E-state index in [1.165, 1.54) is 17.4 Å². The molecule has 0 saturated heterocycles. The molecule has 98 valence electrons. The second-order valence-electron chi connectivity index (χ2n) is 3.85. The normalized spacial score (nSPS) is 14.1. The first kappa shape index (κ1) is 13.3. The molecule has 1 atom stereocenters. The molecule has 1 unspecified atom stereocenters. The molecule has 0 radical (unpaired) electrons. The van der Waals surface area contributed by atoms with Crippen LogP contribution in [0.15, 0.2) is 18.2 Å². The molecule has 18 heavy (non-hydrogen) atoms. The van der Waals surface area contributed by atoms with Crippen LogP contribution < -0.4 is 5.73 Å². The lowest BCUT2D eigenvalue weighted by Crippen LogP contribution is -2.11. The Hall–Kier alpha value is -1.18. The summed E-state index contributed by atoms with van der Waals surface area (Å²) in [5.41, 5.74) is 5.33. The van der Waals surface area contributed by atoms with Crippen LogP contribution in [-0.2, 0) is 6.18 Å². The minimum Gasteiger partial charge on any atom is -0.396 e. The fraction of sp³-hybridized carbons (Fsp3) is 0.364. The van der Waals surface area contributed by atoms with Crippen LogP contribution >= 0.6 is 11.3 Å². The summed E-state index contributed by atoms with van der Waals surface area (Å²) in [6.07, 6.45) is -4.03. The standard InChI is InChI=1S/C11H11F3N2OS/c12-11(13,14)6-1-2-9-8(5-6)16-10(18-9)7(15)3-4-17/h1-2,5,7,17H,3-4,15H2. The van der Waals surface area contributed by atoms with Gasteiger partial charge in [0.15, 0.2) is 0 Å². The summed E-state index contributed by atoms with van der Waals surface area (Å²) >= 11 is 1.25. The predicted octanol–water partition coefficient (Wildman–Crippen LogP) is 2.70. The maximum Gasteiger partial charge on any atom is 0.416 e. The van der Waals surface area contributed by atoms with Crippen molar-refractivity contribution in [3.05, 3.63) is 28.8 Å². The second kappa shape index (κ2) is 4.83. The van der Waals surface area contributed by atoms with Crippen LogP contribution in [-0.4, -0.2) is 16.7 Å². The number of hydrogen-bond acceptors (Lipinski definition) is 4. The average Bonchev–Trinajstić information content (AvgIpc) is 2.70. The Morgan fingerprint density at radius 3 is 2.72 bits per heavy atom. The third-order valence-corrected chi connectivity index (χ3v) is 3.66. The quantitative estimate of drug-likeness (QED) is 0.906. The van der Waals surface area contributed by atoms with Gasteiger partial charge >= 0.3 is 6.18 Å². The maximum absolute atomic E-state index is 12.5. The molecular formula is C11H11F3N2OS. The van der Waals surface area contributed by atoms with Crippen LogP contribution in [0.1, 0.15) is 23.0 Å². The van der Waals surface area contributed by atoms with Crippen molar-refractivity contribution in [3.8, 4) is 0 Å². The van der Waals surface area contributed by atoms with Gasteiger partial charge in [0.1, 0.15) is 5.01 Å². The molecule has 2 rings (SSSR count). The van der Waals surface area contributed by atoms with Gasteiger partial charge in [-0.05, 0) is 24.6 Å². The van der Waals surface area contributed by atoms with Crippen molar-refractivity contribution < 1.29 is 18.3 Å². The minimum atomic E-state index is -4.37. The molecule has 1 heterocycles. The van der Waals surface area contributed by atoms with Crippen molar-refractivity contribution in [3.63, 3.8) is 0 Å². The zero-order chi connectivity index (χ0) is 13.3. The molecule has 0 amide bonds. The van der Waals surface area contributed by atoms with Gasteiger partial charge in [-0.1, -0.05) is 0 Å². The molecule has 3 N–H and O–H groups in total. The van der Waals surface area contributed by atoms with Gasteiger partial charge in [0.05, 0.1) is 21.8 Å². The summed E-state index contributed by atoms with van der Waals surface area (Å²) in [4.78, 5) is 4.09. The first-order valence-electron chi connectivity index (χ1n) is 5.26. The van der Waals surface area contributed by atoms with Crippen LogP contribution in [0.25, 0.3) is 10.2 Å². The maximum atomic E-state index is 12.5. The fourth-order valence-electron chi connectivity index (χ4n) is 1.54. The minimum absolute atomic E-state index is 0.0785. The molecule has 2 aromatic rings. The Kier molecular flexibility index (Phi) is 3.56. The van der Waals surface area contributed by atoms with E-state index in [1.807, 2.05) is 0 Å². The van der Waals surface area contributed by atoms with Gasteiger partial charge in [-0.3, -0.25) is 0 Å². The van der Waals surface area contributed by atoms with E-state index >= 15 is 0 Å². The van der Waals surface area contributed by atoms with Crippen LogP contribution in [0.4, 0.5) is 13.2 Å². The number of aliphatic hydroxyl groups is 1. The number of rotatable bonds is 3. The number of aliphatic hydroxyl groups excluding tert-OH is 1. The van der Waals surface area contributed by atoms with Gasteiger partial charge in [0, 0.05) is 6.61 Å². The van der Waals surface area contributed by atoms with E-state index in [4.69, 9.17) is 10.8 Å². The van der Waals surface area contributed by atoms with Gasteiger partial charge in [-0.15, -0.1) is 11.3 Å². The number of aromatic nitrogens is 1. The number of nitrogens with zero attached hydrogens (tertiary/aromatic N) is 1. The number of alkyl halides is 3. The van der Waals surface area contributed by atoms with Crippen molar-refractivity contribution in [2.45, 2.75) is 18.6 Å². The lowest BCUT2D eigenvalue weighted by Gasteiger charge is -2.05. The monoisotopic (exact) mass is 276 g/mol. The Bertz CT molecular complexity index is 553. The topological polar surface area (TPSA) is 59.1 Å². The molecule has 0 fully saturated rings. The number of benzene rings is 1. The molecule has 0 aliphatic carbocycles. The predicted molar refractivity (Wildman–Crippen MR) is 63.3 cm³/mol. The largest absolute Gasteiger partial charge is 0.416 e. The number of hydrogen-bond donors (Lipinski definition) is 2. The number of nitrogens with two attached hydrogens (primary N) is 1. The Morgan fingerprint density at radius 1 is 1.39 bits per heavy atom. The van der Waals surface area contributed by atoms with E-state index < -0.39 is 17.8 Å². The zero-order valence-electron chi connectivity index (χ0n) is 9.24. The summed E-state index contributed by atoms with van der Waals surface area (Å²) in [5.74, 6) is 0. The van der Waals surface area contributed by atoms with E-state index in [-0.39, 0.29) is 6.61 Å². The molecule has 0 spiro atoms.